The summed E-state index contributed by atoms with van der Waals surface area (Å²) < 4.78 is 31.9. The van der Waals surface area contributed by atoms with E-state index in [-0.39, 0.29) is 6.61 Å². The first-order valence-electron chi connectivity index (χ1n) is 12.1. The largest absolute Gasteiger partial charge is 0.396 e. The van der Waals surface area contributed by atoms with Crippen LogP contribution >= 0.6 is 0 Å². The highest BCUT2D eigenvalue weighted by Gasteiger charge is 2.21. The van der Waals surface area contributed by atoms with Crippen molar-refractivity contribution in [3.63, 3.8) is 0 Å². The van der Waals surface area contributed by atoms with Crippen LogP contribution in [0, 0.1) is 0 Å². The lowest BCUT2D eigenvalue weighted by atomic mass is 10.0. The number of hydrogen-bond donors (Lipinski definition) is 2. The van der Waals surface area contributed by atoms with E-state index in [1.165, 1.54) is 89.9 Å². The van der Waals surface area contributed by atoms with Crippen LogP contribution in [0.15, 0.2) is 0 Å². The van der Waals surface area contributed by atoms with Crippen molar-refractivity contribution in [3.05, 3.63) is 0 Å². The molecule has 4 nitrogen and oxygen atoms in total. The zero-order chi connectivity index (χ0) is 20.9. The normalized spacial score (nSPS) is 13.1. The molecule has 1 unspecified atom stereocenters. The predicted octanol–water partition coefficient (Wildman–Crippen LogP) is 7.06. The van der Waals surface area contributed by atoms with Gasteiger partial charge in [-0.3, -0.25) is 4.55 Å². The number of aliphatic hydroxyl groups excluding tert-OH is 1. The van der Waals surface area contributed by atoms with Gasteiger partial charge >= 0.3 is 0 Å². The van der Waals surface area contributed by atoms with E-state index >= 15 is 0 Å². The van der Waals surface area contributed by atoms with E-state index in [0.717, 1.165) is 19.3 Å². The Bertz CT molecular complexity index is 409. The predicted molar refractivity (Wildman–Crippen MR) is 120 cm³/mol. The van der Waals surface area contributed by atoms with Crippen LogP contribution in [-0.2, 0) is 10.1 Å². The molecule has 0 saturated heterocycles. The van der Waals surface area contributed by atoms with Crippen molar-refractivity contribution in [2.45, 2.75) is 141 Å². The maximum absolute atomic E-state index is 11.3. The third-order valence-electron chi connectivity index (χ3n) is 5.74. The lowest BCUT2D eigenvalue weighted by Crippen LogP contribution is -2.20. The third-order valence-corrected chi connectivity index (χ3v) is 7.05. The maximum atomic E-state index is 11.3. The Morgan fingerprint density at radius 2 is 0.893 bits per heavy atom. The van der Waals surface area contributed by atoms with Gasteiger partial charge in [0.05, 0.1) is 5.25 Å². The molecule has 0 radical (unpaired) electrons. The van der Waals surface area contributed by atoms with E-state index in [0.29, 0.717) is 19.3 Å². The van der Waals surface area contributed by atoms with Gasteiger partial charge in [0.1, 0.15) is 0 Å². The number of rotatable bonds is 22. The van der Waals surface area contributed by atoms with Crippen LogP contribution in [0.2, 0.25) is 0 Å². The van der Waals surface area contributed by atoms with Crippen LogP contribution in [0.4, 0.5) is 0 Å². The molecule has 0 fully saturated rings. The molecule has 0 bridgehead atoms. The average Bonchev–Trinajstić information content (AvgIpc) is 2.65. The van der Waals surface area contributed by atoms with Gasteiger partial charge in [0, 0.05) is 6.61 Å². The van der Waals surface area contributed by atoms with E-state index in [2.05, 4.69) is 6.92 Å². The highest BCUT2D eigenvalue weighted by molar-refractivity contribution is 7.86. The summed E-state index contributed by atoms with van der Waals surface area (Å²) in [6.07, 6.45) is 23.5. The fourth-order valence-electron chi connectivity index (χ4n) is 3.86. The van der Waals surface area contributed by atoms with Crippen LogP contribution in [0.1, 0.15) is 135 Å². The van der Waals surface area contributed by atoms with Gasteiger partial charge in [-0.1, -0.05) is 116 Å². The molecule has 0 rings (SSSR count). The maximum Gasteiger partial charge on any atom is 0.267 e. The van der Waals surface area contributed by atoms with Gasteiger partial charge in [-0.2, -0.15) is 8.42 Å². The summed E-state index contributed by atoms with van der Waals surface area (Å²) >= 11 is 0. The Hall–Kier alpha value is -0.130. The van der Waals surface area contributed by atoms with Gasteiger partial charge < -0.3 is 5.11 Å². The highest BCUT2D eigenvalue weighted by atomic mass is 32.2. The molecular formula is C23H48O4S. The standard InChI is InChI=1S/C23H48O4S/c1-2-3-4-5-6-7-8-9-10-11-12-13-14-15-16-17-18-20-23(21-19-22-24)28(25,26)27/h23-24H,2-22H2,1H3,(H,25,26,27). The number of hydrogen-bond acceptors (Lipinski definition) is 3. The Labute approximate surface area is 175 Å². The second-order valence-corrected chi connectivity index (χ2v) is 10.1. The number of unbranched alkanes of at least 4 members (excludes halogenated alkanes) is 16. The van der Waals surface area contributed by atoms with Crippen molar-refractivity contribution in [2.24, 2.45) is 0 Å². The second-order valence-electron chi connectivity index (χ2n) is 8.45. The Kier molecular flexibility index (Phi) is 20.1. The van der Waals surface area contributed by atoms with Crippen molar-refractivity contribution in [1.82, 2.24) is 0 Å². The quantitative estimate of drug-likeness (QED) is 0.145. The minimum absolute atomic E-state index is 0.0228. The van der Waals surface area contributed by atoms with Crippen molar-refractivity contribution in [2.75, 3.05) is 6.61 Å². The summed E-state index contributed by atoms with van der Waals surface area (Å²) in [7, 11) is -3.97. The molecule has 1 atom stereocenters. The zero-order valence-electron chi connectivity index (χ0n) is 18.5. The molecule has 0 heterocycles. The first-order valence-corrected chi connectivity index (χ1v) is 13.6. The molecule has 0 aliphatic carbocycles. The van der Waals surface area contributed by atoms with Gasteiger partial charge in [0.2, 0.25) is 0 Å². The molecule has 0 aromatic heterocycles. The van der Waals surface area contributed by atoms with E-state index in [4.69, 9.17) is 5.11 Å². The van der Waals surface area contributed by atoms with Crippen molar-refractivity contribution >= 4 is 10.1 Å². The smallest absolute Gasteiger partial charge is 0.267 e. The van der Waals surface area contributed by atoms with E-state index in [1.807, 2.05) is 0 Å². The lowest BCUT2D eigenvalue weighted by Gasteiger charge is -2.12. The molecule has 0 saturated carbocycles. The molecule has 28 heavy (non-hydrogen) atoms. The minimum atomic E-state index is -3.97. The SMILES string of the molecule is CCCCCCCCCCCCCCCCCCCC(CCCO)S(=O)(=O)O. The zero-order valence-corrected chi connectivity index (χ0v) is 19.4. The van der Waals surface area contributed by atoms with Gasteiger partial charge in [-0.05, 0) is 19.3 Å². The first-order chi connectivity index (χ1) is 13.5. The van der Waals surface area contributed by atoms with Crippen molar-refractivity contribution < 1.29 is 18.1 Å². The molecule has 0 aliphatic heterocycles. The summed E-state index contributed by atoms with van der Waals surface area (Å²) in [5.74, 6) is 0. The van der Waals surface area contributed by atoms with E-state index in [1.54, 1.807) is 0 Å². The molecule has 5 heteroatoms. The van der Waals surface area contributed by atoms with E-state index in [9.17, 15) is 13.0 Å². The average molecular weight is 421 g/mol. The lowest BCUT2D eigenvalue weighted by molar-refractivity contribution is 0.281. The van der Waals surface area contributed by atoms with Gasteiger partial charge in [0.15, 0.2) is 0 Å². The Morgan fingerprint density at radius 1 is 0.571 bits per heavy atom. The molecule has 0 aromatic carbocycles. The van der Waals surface area contributed by atoms with Gasteiger partial charge in [-0.25, -0.2) is 0 Å². The van der Waals surface area contributed by atoms with Crippen molar-refractivity contribution in [1.29, 1.82) is 0 Å². The Balaban J connectivity index is 3.33. The van der Waals surface area contributed by atoms with Crippen LogP contribution in [-0.4, -0.2) is 29.9 Å². The fraction of sp³-hybridized carbons (Fsp3) is 1.00. The molecule has 0 amide bonds. The Morgan fingerprint density at radius 3 is 1.21 bits per heavy atom. The summed E-state index contributed by atoms with van der Waals surface area (Å²) in [6, 6.07) is 0. The molecule has 0 aromatic rings. The van der Waals surface area contributed by atoms with Crippen LogP contribution in [0.3, 0.4) is 0 Å². The summed E-state index contributed by atoms with van der Waals surface area (Å²) in [5, 5.41) is 8.13. The fourth-order valence-corrected chi connectivity index (χ4v) is 4.79. The number of aliphatic hydroxyl groups is 1. The first kappa shape index (κ1) is 27.9. The van der Waals surface area contributed by atoms with Gasteiger partial charge in [-0.15, -0.1) is 0 Å². The highest BCUT2D eigenvalue weighted by Crippen LogP contribution is 2.18. The van der Waals surface area contributed by atoms with Crippen LogP contribution in [0.25, 0.3) is 0 Å². The monoisotopic (exact) mass is 420 g/mol. The molecule has 0 aliphatic rings. The molecule has 2 N–H and O–H groups in total. The van der Waals surface area contributed by atoms with Gasteiger partial charge in [0.25, 0.3) is 10.1 Å². The summed E-state index contributed by atoms with van der Waals surface area (Å²) in [6.45, 7) is 2.25. The topological polar surface area (TPSA) is 74.6 Å². The summed E-state index contributed by atoms with van der Waals surface area (Å²) in [4.78, 5) is 0. The molecular weight excluding hydrogens is 372 g/mol. The van der Waals surface area contributed by atoms with E-state index < -0.39 is 15.4 Å². The van der Waals surface area contributed by atoms with Crippen LogP contribution in [0.5, 0.6) is 0 Å². The second kappa shape index (κ2) is 20.2. The van der Waals surface area contributed by atoms with Crippen molar-refractivity contribution in [3.8, 4) is 0 Å². The van der Waals surface area contributed by atoms with Crippen LogP contribution < -0.4 is 0 Å². The summed E-state index contributed by atoms with van der Waals surface area (Å²) in [5.41, 5.74) is 0. The molecule has 170 valence electrons. The molecule has 0 spiro atoms. The third kappa shape index (κ3) is 19.2. The minimum Gasteiger partial charge on any atom is -0.396 e.